The molecule has 1 heterocycles. The minimum atomic E-state index is -0.991. The lowest BCUT2D eigenvalue weighted by atomic mass is 10.2. The highest BCUT2D eigenvalue weighted by molar-refractivity contribution is 5.95. The lowest BCUT2D eigenvalue weighted by molar-refractivity contribution is -0.121. The number of H-pyrrole nitrogens is 1. The molecule has 0 unspecified atom stereocenters. The Morgan fingerprint density at radius 1 is 1.04 bits per heavy atom. The Kier molecular flexibility index (Phi) is 5.61. The van der Waals surface area contributed by atoms with Gasteiger partial charge < -0.3 is 10.3 Å². The Bertz CT molecular complexity index is 747. The third kappa shape index (κ3) is 4.63. The van der Waals surface area contributed by atoms with Gasteiger partial charge in [-0.25, -0.2) is 8.78 Å². The zero-order valence-electron chi connectivity index (χ0n) is 12.4. The highest BCUT2D eigenvalue weighted by Crippen LogP contribution is 2.09. The van der Waals surface area contributed by atoms with Crippen LogP contribution in [0.3, 0.4) is 0 Å². The molecule has 0 aliphatic rings. The van der Waals surface area contributed by atoms with Gasteiger partial charge in [-0.2, -0.15) is 0 Å². The highest BCUT2D eigenvalue weighted by atomic mass is 19.1. The van der Waals surface area contributed by atoms with E-state index in [1.807, 2.05) is 0 Å². The lowest BCUT2D eigenvalue weighted by Gasteiger charge is -2.08. The molecular weight excluding hydrogens is 322 g/mol. The number of amides is 3. The number of aromatic amines is 1. The first-order chi connectivity index (χ1) is 11.5. The molecule has 0 spiro atoms. The van der Waals surface area contributed by atoms with Crippen LogP contribution in [0.15, 0.2) is 36.5 Å². The Hall–Kier alpha value is -3.23. The fourth-order valence-corrected chi connectivity index (χ4v) is 1.79. The number of hydrazine groups is 1. The van der Waals surface area contributed by atoms with Crippen LogP contribution in [0.2, 0.25) is 0 Å². The molecule has 0 saturated carbocycles. The van der Waals surface area contributed by atoms with Gasteiger partial charge in [0.2, 0.25) is 5.91 Å². The summed E-state index contributed by atoms with van der Waals surface area (Å²) in [5.74, 6) is -3.62. The van der Waals surface area contributed by atoms with Gasteiger partial charge in [-0.15, -0.1) is 0 Å². The van der Waals surface area contributed by atoms with Crippen LogP contribution >= 0.6 is 0 Å². The molecule has 0 radical (unpaired) electrons. The molecule has 24 heavy (non-hydrogen) atoms. The van der Waals surface area contributed by atoms with Crippen LogP contribution in [0.25, 0.3) is 0 Å². The smallest absolute Gasteiger partial charge is 0.286 e. The van der Waals surface area contributed by atoms with Gasteiger partial charge in [-0.1, -0.05) is 0 Å². The van der Waals surface area contributed by atoms with Crippen molar-refractivity contribution >= 4 is 17.7 Å². The predicted molar refractivity (Wildman–Crippen MR) is 79.7 cm³/mol. The number of halogens is 2. The normalized spacial score (nSPS) is 10.1. The number of carbonyl (C=O) groups excluding carboxylic acids is 3. The van der Waals surface area contributed by atoms with Crippen molar-refractivity contribution in [1.29, 1.82) is 0 Å². The second kappa shape index (κ2) is 7.86. The second-order valence-electron chi connectivity index (χ2n) is 4.72. The summed E-state index contributed by atoms with van der Waals surface area (Å²) in [6, 6.07) is 5.72. The average molecular weight is 336 g/mol. The number of carbonyl (C=O) groups is 3. The van der Waals surface area contributed by atoms with E-state index in [-0.39, 0.29) is 24.2 Å². The third-order valence-corrected chi connectivity index (χ3v) is 2.97. The minimum absolute atomic E-state index is 0.0835. The second-order valence-corrected chi connectivity index (χ2v) is 4.72. The molecule has 2 aromatic rings. The molecule has 0 saturated heterocycles. The van der Waals surface area contributed by atoms with Gasteiger partial charge in [0.05, 0.1) is 5.56 Å². The zero-order chi connectivity index (χ0) is 17.5. The number of rotatable bonds is 5. The van der Waals surface area contributed by atoms with E-state index in [9.17, 15) is 23.2 Å². The predicted octanol–water partition coefficient (Wildman–Crippen LogP) is 0.874. The summed E-state index contributed by atoms with van der Waals surface area (Å²) in [6.07, 6.45) is 1.42. The maximum atomic E-state index is 13.4. The van der Waals surface area contributed by atoms with Crippen LogP contribution in [0, 0.1) is 11.6 Å². The van der Waals surface area contributed by atoms with E-state index < -0.39 is 29.4 Å². The Morgan fingerprint density at radius 3 is 2.50 bits per heavy atom. The molecule has 1 aromatic heterocycles. The first kappa shape index (κ1) is 17.1. The van der Waals surface area contributed by atoms with Crippen LogP contribution in [0.1, 0.15) is 27.3 Å². The maximum Gasteiger partial charge on any atom is 0.286 e. The molecule has 0 aliphatic carbocycles. The molecule has 1 aromatic carbocycles. The van der Waals surface area contributed by atoms with Crippen LogP contribution in [-0.4, -0.2) is 29.3 Å². The average Bonchev–Trinajstić information content (AvgIpc) is 3.07. The lowest BCUT2D eigenvalue weighted by Crippen LogP contribution is -2.43. The number of aromatic nitrogens is 1. The first-order valence-corrected chi connectivity index (χ1v) is 6.93. The molecule has 0 aliphatic heterocycles. The zero-order valence-corrected chi connectivity index (χ0v) is 12.4. The number of hydrogen-bond donors (Lipinski definition) is 4. The molecular formula is C15H14F2N4O3. The van der Waals surface area contributed by atoms with Crippen LogP contribution in [-0.2, 0) is 4.79 Å². The molecule has 0 bridgehead atoms. The monoisotopic (exact) mass is 336 g/mol. The van der Waals surface area contributed by atoms with Crippen molar-refractivity contribution in [2.75, 3.05) is 6.54 Å². The van der Waals surface area contributed by atoms with Crippen molar-refractivity contribution in [3.8, 4) is 0 Å². The molecule has 0 atom stereocenters. The summed E-state index contributed by atoms with van der Waals surface area (Å²) < 4.78 is 26.2. The van der Waals surface area contributed by atoms with Crippen molar-refractivity contribution < 1.29 is 23.2 Å². The van der Waals surface area contributed by atoms with E-state index in [4.69, 9.17) is 0 Å². The highest BCUT2D eigenvalue weighted by Gasteiger charge is 2.13. The van der Waals surface area contributed by atoms with E-state index in [0.717, 1.165) is 12.1 Å². The third-order valence-electron chi connectivity index (χ3n) is 2.97. The summed E-state index contributed by atoms with van der Waals surface area (Å²) in [7, 11) is 0. The fraction of sp³-hybridized carbons (Fsp3) is 0.133. The van der Waals surface area contributed by atoms with Gasteiger partial charge in [-0.3, -0.25) is 25.2 Å². The number of hydrogen-bond acceptors (Lipinski definition) is 3. The van der Waals surface area contributed by atoms with E-state index in [1.54, 1.807) is 12.3 Å². The van der Waals surface area contributed by atoms with Gasteiger partial charge in [0.15, 0.2) is 0 Å². The van der Waals surface area contributed by atoms with Crippen molar-refractivity contribution in [1.82, 2.24) is 21.2 Å². The standard InChI is InChI=1S/C15H14F2N4O3/c16-9-3-4-10(11(17)8-9)14(23)19-7-5-13(22)20-21-15(24)12-2-1-6-18-12/h1-4,6,8,18H,5,7H2,(H,19,23)(H,20,22)(H,21,24). The number of benzene rings is 1. The molecule has 3 amide bonds. The molecule has 4 N–H and O–H groups in total. The van der Waals surface area contributed by atoms with Crippen LogP contribution < -0.4 is 16.2 Å². The van der Waals surface area contributed by atoms with Crippen molar-refractivity contribution in [2.24, 2.45) is 0 Å². The van der Waals surface area contributed by atoms with Crippen molar-refractivity contribution in [3.05, 3.63) is 59.4 Å². The Morgan fingerprint density at radius 2 is 1.83 bits per heavy atom. The van der Waals surface area contributed by atoms with Gasteiger partial charge in [-0.05, 0) is 24.3 Å². The van der Waals surface area contributed by atoms with Gasteiger partial charge in [0.25, 0.3) is 11.8 Å². The molecule has 126 valence electrons. The van der Waals surface area contributed by atoms with Gasteiger partial charge in [0.1, 0.15) is 17.3 Å². The van der Waals surface area contributed by atoms with E-state index in [0.29, 0.717) is 6.07 Å². The molecule has 7 nitrogen and oxygen atoms in total. The van der Waals surface area contributed by atoms with E-state index >= 15 is 0 Å². The summed E-state index contributed by atoms with van der Waals surface area (Å²) in [4.78, 5) is 37.4. The largest absolute Gasteiger partial charge is 0.357 e. The molecule has 0 fully saturated rings. The Labute approximate surface area is 135 Å². The fourth-order valence-electron chi connectivity index (χ4n) is 1.79. The van der Waals surface area contributed by atoms with Crippen molar-refractivity contribution in [2.45, 2.75) is 6.42 Å². The van der Waals surface area contributed by atoms with Crippen LogP contribution in [0.5, 0.6) is 0 Å². The molecule has 9 heteroatoms. The van der Waals surface area contributed by atoms with Gasteiger partial charge in [0, 0.05) is 25.2 Å². The van der Waals surface area contributed by atoms with Crippen molar-refractivity contribution in [3.63, 3.8) is 0 Å². The van der Waals surface area contributed by atoms with Crippen LogP contribution in [0.4, 0.5) is 8.78 Å². The number of nitrogens with one attached hydrogen (secondary N) is 4. The molecule has 2 rings (SSSR count). The topological polar surface area (TPSA) is 103 Å². The summed E-state index contributed by atoms with van der Waals surface area (Å²) in [5.41, 5.74) is 4.31. The summed E-state index contributed by atoms with van der Waals surface area (Å²) in [6.45, 7) is -0.0835. The summed E-state index contributed by atoms with van der Waals surface area (Å²) in [5, 5.41) is 2.32. The van der Waals surface area contributed by atoms with E-state index in [2.05, 4.69) is 21.2 Å². The summed E-state index contributed by atoms with van der Waals surface area (Å²) >= 11 is 0. The maximum absolute atomic E-state index is 13.4. The quantitative estimate of drug-likeness (QED) is 0.609. The minimum Gasteiger partial charge on any atom is -0.357 e. The SMILES string of the molecule is O=C(CCNC(=O)c1ccc(F)cc1F)NNC(=O)c1ccc[nH]1. The Balaban J connectivity index is 1.72. The van der Waals surface area contributed by atoms with E-state index in [1.165, 1.54) is 6.07 Å². The first-order valence-electron chi connectivity index (χ1n) is 6.93. The van der Waals surface area contributed by atoms with Gasteiger partial charge >= 0.3 is 0 Å².